The van der Waals surface area contributed by atoms with Crippen molar-refractivity contribution >= 4 is 11.9 Å². The Morgan fingerprint density at radius 2 is 2.19 bits per heavy atom. The van der Waals surface area contributed by atoms with Gasteiger partial charge in [0.1, 0.15) is 12.4 Å². The van der Waals surface area contributed by atoms with Gasteiger partial charge in [-0.1, -0.05) is 24.3 Å². The number of benzene rings is 1. The third-order valence-electron chi connectivity index (χ3n) is 5.74. The van der Waals surface area contributed by atoms with Crippen LogP contribution in [-0.4, -0.2) is 58.3 Å². The number of amides is 1. The van der Waals surface area contributed by atoms with Gasteiger partial charge in [0.2, 0.25) is 5.91 Å². The molecule has 1 unspecified atom stereocenters. The molecule has 9 nitrogen and oxygen atoms in total. The SMILES string of the molecule is CN=C(NCc1cccc(CN2CCCC2=O)c1)NC1CCc2nc(COC)nn2C1. The molecule has 3 heterocycles. The molecule has 9 heteroatoms. The van der Waals surface area contributed by atoms with Gasteiger partial charge >= 0.3 is 0 Å². The van der Waals surface area contributed by atoms with Crippen molar-refractivity contribution < 1.29 is 9.53 Å². The Labute approximate surface area is 182 Å². The number of ether oxygens (including phenoxy) is 1. The van der Waals surface area contributed by atoms with E-state index in [0.29, 0.717) is 26.1 Å². The summed E-state index contributed by atoms with van der Waals surface area (Å²) < 4.78 is 7.10. The quantitative estimate of drug-likeness (QED) is 0.512. The van der Waals surface area contributed by atoms with Crippen molar-refractivity contribution in [1.82, 2.24) is 30.3 Å². The Kier molecular flexibility index (Phi) is 6.81. The topological polar surface area (TPSA) is 96.7 Å². The third-order valence-corrected chi connectivity index (χ3v) is 5.74. The molecule has 1 fully saturated rings. The molecule has 1 atom stereocenters. The number of likely N-dealkylation sites (tertiary alicyclic amines) is 1. The lowest BCUT2D eigenvalue weighted by atomic mass is 10.1. The summed E-state index contributed by atoms with van der Waals surface area (Å²) in [5.41, 5.74) is 2.33. The molecule has 2 aliphatic heterocycles. The molecule has 2 aromatic rings. The van der Waals surface area contributed by atoms with Gasteiger partial charge in [0, 0.05) is 52.7 Å². The smallest absolute Gasteiger partial charge is 0.222 e. The van der Waals surface area contributed by atoms with Gasteiger partial charge in [-0.15, -0.1) is 0 Å². The summed E-state index contributed by atoms with van der Waals surface area (Å²) in [7, 11) is 3.44. The van der Waals surface area contributed by atoms with E-state index in [1.807, 2.05) is 15.6 Å². The summed E-state index contributed by atoms with van der Waals surface area (Å²) in [6.45, 7) is 3.41. The Morgan fingerprint density at radius 1 is 1.32 bits per heavy atom. The van der Waals surface area contributed by atoms with Crippen molar-refractivity contribution in [3.8, 4) is 0 Å². The number of carbonyl (C=O) groups is 1. The van der Waals surface area contributed by atoms with E-state index in [1.54, 1.807) is 14.2 Å². The van der Waals surface area contributed by atoms with E-state index in [-0.39, 0.29) is 11.9 Å². The van der Waals surface area contributed by atoms with Gasteiger partial charge in [0.05, 0.1) is 6.54 Å². The standard InChI is InChI=1S/C22H31N7O2/c1-23-22(25-18-8-9-20-26-19(15-31-2)27-29(20)14-18)24-12-16-5-3-6-17(11-16)13-28-10-4-7-21(28)30/h3,5-6,11,18H,4,7-10,12-15H2,1-2H3,(H2,23,24,25). The van der Waals surface area contributed by atoms with Crippen LogP contribution in [0.1, 0.15) is 42.0 Å². The van der Waals surface area contributed by atoms with Crippen molar-refractivity contribution in [2.75, 3.05) is 20.7 Å². The number of hydrogen-bond acceptors (Lipinski definition) is 5. The maximum atomic E-state index is 11.9. The average Bonchev–Trinajstić information content (AvgIpc) is 3.36. The van der Waals surface area contributed by atoms with Crippen LogP contribution in [0.5, 0.6) is 0 Å². The summed E-state index contributed by atoms with van der Waals surface area (Å²) in [4.78, 5) is 22.7. The number of aromatic nitrogens is 3. The summed E-state index contributed by atoms with van der Waals surface area (Å²) >= 11 is 0. The molecule has 0 aliphatic carbocycles. The minimum absolute atomic E-state index is 0.239. The van der Waals surface area contributed by atoms with E-state index in [0.717, 1.165) is 55.5 Å². The fraction of sp³-hybridized carbons (Fsp3) is 0.545. The summed E-state index contributed by atoms with van der Waals surface area (Å²) in [6, 6.07) is 8.62. The molecule has 1 aromatic heterocycles. The lowest BCUT2D eigenvalue weighted by molar-refractivity contribution is -0.128. The molecule has 0 saturated carbocycles. The lowest BCUT2D eigenvalue weighted by Gasteiger charge is -2.25. The van der Waals surface area contributed by atoms with Gasteiger partial charge in [-0.2, -0.15) is 5.10 Å². The van der Waals surface area contributed by atoms with E-state index in [9.17, 15) is 4.79 Å². The zero-order chi connectivity index (χ0) is 21.6. The number of aliphatic imine (C=N–C) groups is 1. The van der Waals surface area contributed by atoms with Crippen molar-refractivity contribution in [3.05, 3.63) is 47.0 Å². The highest BCUT2D eigenvalue weighted by Crippen LogP contribution is 2.16. The number of carbonyl (C=O) groups excluding carboxylic acids is 1. The lowest BCUT2D eigenvalue weighted by Crippen LogP contribution is -2.46. The van der Waals surface area contributed by atoms with Gasteiger partial charge in [-0.3, -0.25) is 9.79 Å². The minimum Gasteiger partial charge on any atom is -0.377 e. The highest BCUT2D eigenvalue weighted by molar-refractivity contribution is 5.80. The molecular formula is C22H31N7O2. The van der Waals surface area contributed by atoms with E-state index < -0.39 is 0 Å². The van der Waals surface area contributed by atoms with E-state index in [4.69, 9.17) is 4.74 Å². The average molecular weight is 426 g/mol. The number of methoxy groups -OCH3 is 1. The molecule has 0 radical (unpaired) electrons. The van der Waals surface area contributed by atoms with Crippen LogP contribution in [-0.2, 0) is 42.2 Å². The van der Waals surface area contributed by atoms with E-state index >= 15 is 0 Å². The van der Waals surface area contributed by atoms with Crippen molar-refractivity contribution in [1.29, 1.82) is 0 Å². The van der Waals surface area contributed by atoms with Crippen LogP contribution in [0, 0.1) is 0 Å². The Hall–Kier alpha value is -2.94. The van der Waals surface area contributed by atoms with Crippen LogP contribution >= 0.6 is 0 Å². The van der Waals surface area contributed by atoms with Crippen molar-refractivity contribution in [2.45, 2.75) is 58.0 Å². The number of fused-ring (bicyclic) bond motifs is 1. The Bertz CT molecular complexity index is 940. The molecule has 1 saturated heterocycles. The maximum Gasteiger partial charge on any atom is 0.222 e. The zero-order valence-electron chi connectivity index (χ0n) is 18.3. The Morgan fingerprint density at radius 3 is 2.97 bits per heavy atom. The molecule has 166 valence electrons. The molecule has 1 aromatic carbocycles. The second kappa shape index (κ2) is 9.91. The number of rotatable bonds is 7. The molecule has 4 rings (SSSR count). The van der Waals surface area contributed by atoms with Crippen LogP contribution < -0.4 is 10.6 Å². The van der Waals surface area contributed by atoms with E-state index in [2.05, 4.69) is 43.9 Å². The van der Waals surface area contributed by atoms with Gasteiger partial charge in [0.25, 0.3) is 0 Å². The highest BCUT2D eigenvalue weighted by atomic mass is 16.5. The second-order valence-corrected chi connectivity index (χ2v) is 8.10. The third kappa shape index (κ3) is 5.41. The van der Waals surface area contributed by atoms with Gasteiger partial charge < -0.3 is 20.3 Å². The molecule has 0 spiro atoms. The molecule has 2 N–H and O–H groups in total. The van der Waals surface area contributed by atoms with Crippen molar-refractivity contribution in [2.24, 2.45) is 4.99 Å². The normalized spacial score (nSPS) is 18.9. The predicted octanol–water partition coefficient (Wildman–Crippen LogP) is 1.23. The van der Waals surface area contributed by atoms with Crippen molar-refractivity contribution in [3.63, 3.8) is 0 Å². The molecule has 0 bridgehead atoms. The summed E-state index contributed by atoms with van der Waals surface area (Å²) in [6.07, 6.45) is 3.50. The van der Waals surface area contributed by atoms with Crippen LogP contribution in [0.3, 0.4) is 0 Å². The van der Waals surface area contributed by atoms with Crippen LogP contribution in [0.15, 0.2) is 29.3 Å². The van der Waals surface area contributed by atoms with Crippen LogP contribution in [0.25, 0.3) is 0 Å². The summed E-state index contributed by atoms with van der Waals surface area (Å²) in [5.74, 6) is 2.77. The Balaban J connectivity index is 1.30. The molecule has 2 aliphatic rings. The molecule has 31 heavy (non-hydrogen) atoms. The van der Waals surface area contributed by atoms with Crippen LogP contribution in [0.2, 0.25) is 0 Å². The van der Waals surface area contributed by atoms with Gasteiger partial charge in [-0.05, 0) is 24.0 Å². The predicted molar refractivity (Wildman–Crippen MR) is 117 cm³/mol. The van der Waals surface area contributed by atoms with E-state index in [1.165, 1.54) is 5.56 Å². The van der Waals surface area contributed by atoms with Gasteiger partial charge in [-0.25, -0.2) is 9.67 Å². The van der Waals surface area contributed by atoms with Crippen LogP contribution in [0.4, 0.5) is 0 Å². The second-order valence-electron chi connectivity index (χ2n) is 8.10. The largest absolute Gasteiger partial charge is 0.377 e. The fourth-order valence-corrected chi connectivity index (χ4v) is 4.17. The summed E-state index contributed by atoms with van der Waals surface area (Å²) in [5, 5.41) is 11.4. The van der Waals surface area contributed by atoms with Gasteiger partial charge in [0.15, 0.2) is 11.8 Å². The number of nitrogens with zero attached hydrogens (tertiary/aromatic N) is 5. The highest BCUT2D eigenvalue weighted by Gasteiger charge is 2.22. The number of hydrogen-bond donors (Lipinski definition) is 2. The first-order chi connectivity index (χ1) is 15.1. The number of nitrogens with one attached hydrogen (secondary N) is 2. The fourth-order valence-electron chi connectivity index (χ4n) is 4.17. The minimum atomic E-state index is 0.239. The molecule has 1 amide bonds. The maximum absolute atomic E-state index is 11.9. The number of aryl methyl sites for hydroxylation is 1. The first-order valence-electron chi connectivity index (χ1n) is 10.9. The number of guanidine groups is 1. The first-order valence-corrected chi connectivity index (χ1v) is 10.9. The first kappa shape index (κ1) is 21.3. The molecular weight excluding hydrogens is 394 g/mol. The zero-order valence-corrected chi connectivity index (χ0v) is 18.3. The monoisotopic (exact) mass is 425 g/mol.